The minimum atomic E-state index is -0.152. The monoisotopic (exact) mass is 420 g/mol. The molecule has 31 heavy (non-hydrogen) atoms. The first-order valence-corrected chi connectivity index (χ1v) is 10.5. The van der Waals surface area contributed by atoms with Gasteiger partial charge in [0.2, 0.25) is 0 Å². The Labute approximate surface area is 181 Å². The number of hydrogen-bond acceptors (Lipinski definition) is 5. The average Bonchev–Trinajstić information content (AvgIpc) is 3.44. The van der Waals surface area contributed by atoms with Crippen LogP contribution in [0, 0.1) is 20.8 Å². The SMILES string of the molecule is CCn1ncc(-c2ccnc3cc(C(=O)N(C)Cc4c(C)nn(CC)c4C)nn23)c1C. The maximum Gasteiger partial charge on any atom is 0.274 e. The van der Waals surface area contributed by atoms with Crippen molar-refractivity contribution in [3.05, 3.63) is 52.9 Å². The highest BCUT2D eigenvalue weighted by molar-refractivity contribution is 5.93. The van der Waals surface area contributed by atoms with Crippen LogP contribution in [0.2, 0.25) is 0 Å². The fourth-order valence-corrected chi connectivity index (χ4v) is 4.00. The molecule has 4 aromatic rings. The molecule has 4 aromatic heterocycles. The third kappa shape index (κ3) is 3.49. The van der Waals surface area contributed by atoms with Crippen LogP contribution in [0.4, 0.5) is 0 Å². The Hall–Kier alpha value is -3.49. The van der Waals surface area contributed by atoms with E-state index in [1.165, 1.54) is 0 Å². The summed E-state index contributed by atoms with van der Waals surface area (Å²) in [5, 5.41) is 13.6. The normalized spacial score (nSPS) is 11.4. The van der Waals surface area contributed by atoms with Gasteiger partial charge in [-0.05, 0) is 40.7 Å². The zero-order chi connectivity index (χ0) is 22.3. The van der Waals surface area contributed by atoms with E-state index in [1.807, 2.05) is 42.4 Å². The molecule has 1 amide bonds. The molecule has 0 fully saturated rings. The van der Waals surface area contributed by atoms with Crippen LogP contribution >= 0.6 is 0 Å². The average molecular weight is 421 g/mol. The van der Waals surface area contributed by atoms with Crippen molar-refractivity contribution >= 4 is 11.6 Å². The van der Waals surface area contributed by atoms with Crippen LogP contribution in [0.1, 0.15) is 47.0 Å². The lowest BCUT2D eigenvalue weighted by atomic mass is 10.2. The molecular weight excluding hydrogens is 392 g/mol. The number of hydrogen-bond donors (Lipinski definition) is 0. The minimum absolute atomic E-state index is 0.152. The molecule has 0 atom stereocenters. The molecule has 0 unspecified atom stereocenters. The molecule has 0 aliphatic heterocycles. The van der Waals surface area contributed by atoms with E-state index >= 15 is 0 Å². The number of rotatable bonds is 6. The Morgan fingerprint density at radius 3 is 2.45 bits per heavy atom. The number of aryl methyl sites for hydroxylation is 3. The summed E-state index contributed by atoms with van der Waals surface area (Å²) >= 11 is 0. The van der Waals surface area contributed by atoms with Gasteiger partial charge in [-0.3, -0.25) is 14.2 Å². The summed E-state index contributed by atoms with van der Waals surface area (Å²) in [7, 11) is 1.79. The molecule has 9 nitrogen and oxygen atoms in total. The Morgan fingerprint density at radius 2 is 1.81 bits per heavy atom. The molecule has 0 aromatic carbocycles. The van der Waals surface area contributed by atoms with Crippen LogP contribution in [-0.4, -0.2) is 52.0 Å². The first-order valence-electron chi connectivity index (χ1n) is 10.5. The van der Waals surface area contributed by atoms with E-state index in [1.54, 1.807) is 28.7 Å². The number of aromatic nitrogens is 7. The largest absolute Gasteiger partial charge is 0.336 e. The highest BCUT2D eigenvalue weighted by Gasteiger charge is 2.21. The van der Waals surface area contributed by atoms with Gasteiger partial charge in [0.15, 0.2) is 11.3 Å². The van der Waals surface area contributed by atoms with Crippen LogP contribution in [0.25, 0.3) is 16.9 Å². The highest BCUT2D eigenvalue weighted by atomic mass is 16.2. The summed E-state index contributed by atoms with van der Waals surface area (Å²) < 4.78 is 5.62. The van der Waals surface area contributed by atoms with Crippen molar-refractivity contribution in [2.45, 2.75) is 54.3 Å². The standard InChI is InChI=1S/C22H28N8O/c1-7-28-15(4)17(12-24-28)20-9-10-23-21-11-19(26-30(20)21)22(31)27(6)13-18-14(3)25-29(8-2)16(18)5/h9-12H,7-8,13H2,1-6H3. The van der Waals surface area contributed by atoms with Crippen LogP contribution in [0.15, 0.2) is 24.5 Å². The van der Waals surface area contributed by atoms with E-state index in [-0.39, 0.29) is 5.91 Å². The number of carbonyl (C=O) groups is 1. The molecule has 0 saturated heterocycles. The van der Waals surface area contributed by atoms with Crippen molar-refractivity contribution in [3.63, 3.8) is 0 Å². The van der Waals surface area contributed by atoms with Crippen molar-refractivity contribution in [1.82, 2.24) is 39.1 Å². The van der Waals surface area contributed by atoms with E-state index in [0.717, 1.165) is 47.0 Å². The molecule has 0 spiro atoms. The molecule has 0 aliphatic rings. The predicted molar refractivity (Wildman–Crippen MR) is 118 cm³/mol. The van der Waals surface area contributed by atoms with Crippen molar-refractivity contribution < 1.29 is 4.79 Å². The third-order valence-corrected chi connectivity index (χ3v) is 5.83. The lowest BCUT2D eigenvalue weighted by Gasteiger charge is -2.16. The van der Waals surface area contributed by atoms with Gasteiger partial charge in [-0.1, -0.05) is 0 Å². The van der Waals surface area contributed by atoms with Gasteiger partial charge in [-0.2, -0.15) is 15.3 Å². The maximum atomic E-state index is 13.2. The lowest BCUT2D eigenvalue weighted by Crippen LogP contribution is -2.27. The summed E-state index contributed by atoms with van der Waals surface area (Å²) in [6, 6.07) is 3.63. The quantitative estimate of drug-likeness (QED) is 0.479. The predicted octanol–water partition coefficient (Wildman–Crippen LogP) is 3.03. The molecule has 4 heterocycles. The zero-order valence-corrected chi connectivity index (χ0v) is 18.9. The number of carbonyl (C=O) groups excluding carboxylic acids is 1. The Kier molecular flexibility index (Phi) is 5.34. The highest BCUT2D eigenvalue weighted by Crippen LogP contribution is 2.24. The molecule has 0 N–H and O–H groups in total. The molecule has 0 aliphatic carbocycles. The van der Waals surface area contributed by atoms with E-state index in [0.29, 0.717) is 17.9 Å². The second kappa shape index (κ2) is 7.98. The van der Waals surface area contributed by atoms with E-state index in [2.05, 4.69) is 34.1 Å². The summed E-state index contributed by atoms with van der Waals surface area (Å²) in [6.45, 7) is 12.2. The summed E-state index contributed by atoms with van der Waals surface area (Å²) in [6.07, 6.45) is 3.57. The van der Waals surface area contributed by atoms with E-state index in [9.17, 15) is 4.79 Å². The van der Waals surface area contributed by atoms with Crippen molar-refractivity contribution in [2.75, 3.05) is 7.05 Å². The van der Waals surface area contributed by atoms with Crippen LogP contribution in [0.3, 0.4) is 0 Å². The zero-order valence-electron chi connectivity index (χ0n) is 18.9. The smallest absolute Gasteiger partial charge is 0.274 e. The molecule has 0 radical (unpaired) electrons. The van der Waals surface area contributed by atoms with Gasteiger partial charge in [-0.25, -0.2) is 9.50 Å². The summed E-state index contributed by atoms with van der Waals surface area (Å²) in [5.41, 5.74) is 6.98. The molecule has 4 rings (SSSR count). The molecule has 9 heteroatoms. The second-order valence-electron chi connectivity index (χ2n) is 7.72. The molecular formula is C22H28N8O. The number of amides is 1. The maximum absolute atomic E-state index is 13.2. The number of nitrogens with zero attached hydrogens (tertiary/aromatic N) is 8. The Balaban J connectivity index is 1.66. The van der Waals surface area contributed by atoms with Crippen molar-refractivity contribution in [2.24, 2.45) is 0 Å². The Morgan fingerprint density at radius 1 is 1.06 bits per heavy atom. The van der Waals surface area contributed by atoms with Gasteiger partial charge in [0.25, 0.3) is 5.91 Å². The van der Waals surface area contributed by atoms with Gasteiger partial charge >= 0.3 is 0 Å². The van der Waals surface area contributed by atoms with Gasteiger partial charge in [-0.15, -0.1) is 0 Å². The molecule has 162 valence electrons. The van der Waals surface area contributed by atoms with E-state index in [4.69, 9.17) is 0 Å². The second-order valence-corrected chi connectivity index (χ2v) is 7.72. The van der Waals surface area contributed by atoms with Gasteiger partial charge in [0, 0.05) is 61.5 Å². The van der Waals surface area contributed by atoms with Crippen molar-refractivity contribution in [3.8, 4) is 11.3 Å². The van der Waals surface area contributed by atoms with Gasteiger partial charge < -0.3 is 4.90 Å². The topological polar surface area (TPSA) is 86.1 Å². The van der Waals surface area contributed by atoms with E-state index < -0.39 is 0 Å². The summed E-state index contributed by atoms with van der Waals surface area (Å²) in [4.78, 5) is 19.2. The van der Waals surface area contributed by atoms with Gasteiger partial charge in [0.1, 0.15) is 0 Å². The fraction of sp³-hybridized carbons (Fsp3) is 0.409. The summed E-state index contributed by atoms with van der Waals surface area (Å²) in [5.74, 6) is -0.152. The first kappa shape index (κ1) is 20.8. The van der Waals surface area contributed by atoms with Crippen LogP contribution in [0.5, 0.6) is 0 Å². The minimum Gasteiger partial charge on any atom is -0.336 e. The lowest BCUT2D eigenvalue weighted by molar-refractivity contribution is 0.0778. The third-order valence-electron chi connectivity index (χ3n) is 5.83. The first-order chi connectivity index (χ1) is 14.8. The Bertz CT molecular complexity index is 1260. The van der Waals surface area contributed by atoms with Crippen molar-refractivity contribution in [1.29, 1.82) is 0 Å². The fourth-order valence-electron chi connectivity index (χ4n) is 4.00. The van der Waals surface area contributed by atoms with Crippen LogP contribution in [-0.2, 0) is 19.6 Å². The molecule has 0 saturated carbocycles. The van der Waals surface area contributed by atoms with Crippen LogP contribution < -0.4 is 0 Å². The number of fused-ring (bicyclic) bond motifs is 1. The van der Waals surface area contributed by atoms with Gasteiger partial charge in [0.05, 0.1) is 17.6 Å². The molecule has 0 bridgehead atoms.